The summed E-state index contributed by atoms with van der Waals surface area (Å²) in [5.74, 6) is 0.169. The fourth-order valence-corrected chi connectivity index (χ4v) is 2.37. The van der Waals surface area contributed by atoms with Crippen LogP contribution in [-0.4, -0.2) is 20.0 Å². The summed E-state index contributed by atoms with van der Waals surface area (Å²) in [5, 5.41) is 0. The Morgan fingerprint density at radius 3 is 2.10 bits per heavy atom. The van der Waals surface area contributed by atoms with Crippen molar-refractivity contribution >= 4 is 5.78 Å². The van der Waals surface area contributed by atoms with Crippen LogP contribution in [0.5, 0.6) is 11.5 Å². The summed E-state index contributed by atoms with van der Waals surface area (Å²) >= 11 is 0. The van der Waals surface area contributed by atoms with Gasteiger partial charge in [-0.2, -0.15) is 0 Å². The normalized spacial score (nSPS) is 10.3. The maximum absolute atomic E-state index is 14.0. The fourth-order valence-electron chi connectivity index (χ4n) is 2.37. The van der Waals surface area contributed by atoms with Gasteiger partial charge in [-0.15, -0.1) is 0 Å². The van der Waals surface area contributed by atoms with Gasteiger partial charge in [0.15, 0.2) is 5.78 Å². The standard InChI is InChI=1S/C17H17FO3/c1-10-7-12(8-11(2)17(10)21-4)16(19)14-6-5-13(20-3)9-15(14)18/h5-9H,1-4H3. The van der Waals surface area contributed by atoms with Crippen LogP contribution in [0, 0.1) is 19.7 Å². The maximum Gasteiger partial charge on any atom is 0.195 e. The third-order valence-electron chi connectivity index (χ3n) is 3.35. The molecule has 0 fully saturated rings. The van der Waals surface area contributed by atoms with E-state index in [0.29, 0.717) is 11.3 Å². The average molecular weight is 288 g/mol. The molecule has 0 unspecified atom stereocenters. The smallest absolute Gasteiger partial charge is 0.195 e. The molecule has 0 bridgehead atoms. The van der Waals surface area contributed by atoms with E-state index in [1.807, 2.05) is 13.8 Å². The Kier molecular flexibility index (Phi) is 4.26. The van der Waals surface area contributed by atoms with Crippen molar-refractivity contribution in [2.24, 2.45) is 0 Å². The Hall–Kier alpha value is -2.36. The summed E-state index contributed by atoms with van der Waals surface area (Å²) in [5.41, 5.74) is 2.15. The van der Waals surface area contributed by atoms with Crippen LogP contribution in [0.15, 0.2) is 30.3 Å². The third-order valence-corrected chi connectivity index (χ3v) is 3.35. The summed E-state index contributed by atoms with van der Waals surface area (Å²) in [7, 11) is 3.03. The van der Waals surface area contributed by atoms with E-state index in [0.717, 1.165) is 16.9 Å². The fraction of sp³-hybridized carbons (Fsp3) is 0.235. The van der Waals surface area contributed by atoms with Crippen LogP contribution < -0.4 is 9.47 Å². The van der Waals surface area contributed by atoms with Crippen molar-refractivity contribution in [3.8, 4) is 11.5 Å². The molecule has 0 aliphatic carbocycles. The zero-order valence-corrected chi connectivity index (χ0v) is 12.5. The summed E-state index contributed by atoms with van der Waals surface area (Å²) < 4.78 is 24.2. The number of methoxy groups -OCH3 is 2. The highest BCUT2D eigenvalue weighted by Crippen LogP contribution is 2.26. The number of carbonyl (C=O) groups excluding carboxylic acids is 1. The topological polar surface area (TPSA) is 35.5 Å². The number of benzene rings is 2. The molecule has 0 saturated heterocycles. The quantitative estimate of drug-likeness (QED) is 0.805. The van der Waals surface area contributed by atoms with E-state index in [1.165, 1.54) is 19.2 Å². The number of ketones is 1. The van der Waals surface area contributed by atoms with Gasteiger partial charge in [-0.1, -0.05) is 0 Å². The first-order chi connectivity index (χ1) is 9.97. The number of hydrogen-bond donors (Lipinski definition) is 0. The second kappa shape index (κ2) is 5.95. The van der Waals surface area contributed by atoms with Gasteiger partial charge in [0.2, 0.25) is 0 Å². The minimum absolute atomic E-state index is 0.0276. The van der Waals surface area contributed by atoms with E-state index >= 15 is 0 Å². The van der Waals surface area contributed by atoms with Crippen molar-refractivity contribution in [3.05, 3.63) is 58.4 Å². The molecule has 0 heterocycles. The first kappa shape index (κ1) is 15.0. The Balaban J connectivity index is 2.45. The van der Waals surface area contributed by atoms with Crippen LogP contribution in [-0.2, 0) is 0 Å². The van der Waals surface area contributed by atoms with E-state index in [-0.39, 0.29) is 11.3 Å². The molecule has 0 amide bonds. The van der Waals surface area contributed by atoms with Crippen LogP contribution >= 0.6 is 0 Å². The molecular weight excluding hydrogens is 271 g/mol. The molecule has 0 spiro atoms. The van der Waals surface area contributed by atoms with Crippen molar-refractivity contribution < 1.29 is 18.7 Å². The lowest BCUT2D eigenvalue weighted by molar-refractivity contribution is 0.103. The molecule has 0 atom stereocenters. The molecule has 0 aliphatic rings. The molecule has 2 aromatic carbocycles. The lowest BCUT2D eigenvalue weighted by Gasteiger charge is -2.11. The van der Waals surface area contributed by atoms with E-state index in [4.69, 9.17) is 9.47 Å². The highest BCUT2D eigenvalue weighted by molar-refractivity contribution is 6.09. The minimum atomic E-state index is -0.592. The SMILES string of the molecule is COc1ccc(C(=O)c2cc(C)c(OC)c(C)c2)c(F)c1. The van der Waals surface area contributed by atoms with Crippen LogP contribution in [0.4, 0.5) is 4.39 Å². The second-order valence-electron chi connectivity index (χ2n) is 4.82. The molecule has 0 N–H and O–H groups in total. The van der Waals surface area contributed by atoms with E-state index < -0.39 is 5.82 Å². The molecule has 0 aromatic heterocycles. The van der Waals surface area contributed by atoms with Gasteiger partial charge in [0, 0.05) is 11.6 Å². The molecule has 2 aromatic rings. The van der Waals surface area contributed by atoms with Gasteiger partial charge in [-0.05, 0) is 49.2 Å². The average Bonchev–Trinajstić information content (AvgIpc) is 2.46. The monoisotopic (exact) mass is 288 g/mol. The van der Waals surface area contributed by atoms with E-state index in [1.54, 1.807) is 25.3 Å². The summed E-state index contributed by atoms with van der Waals surface area (Å²) in [4.78, 5) is 12.4. The van der Waals surface area contributed by atoms with Gasteiger partial charge in [0.25, 0.3) is 0 Å². The first-order valence-corrected chi connectivity index (χ1v) is 6.51. The molecule has 0 radical (unpaired) electrons. The van der Waals surface area contributed by atoms with Crippen molar-refractivity contribution in [1.29, 1.82) is 0 Å². The van der Waals surface area contributed by atoms with Crippen LogP contribution in [0.1, 0.15) is 27.0 Å². The number of carbonyl (C=O) groups is 1. The van der Waals surface area contributed by atoms with Crippen molar-refractivity contribution in [1.82, 2.24) is 0 Å². The zero-order valence-electron chi connectivity index (χ0n) is 12.5. The maximum atomic E-state index is 14.0. The Labute approximate surface area is 123 Å². The predicted molar refractivity (Wildman–Crippen MR) is 78.9 cm³/mol. The van der Waals surface area contributed by atoms with Crippen molar-refractivity contribution in [2.45, 2.75) is 13.8 Å². The molecule has 21 heavy (non-hydrogen) atoms. The highest BCUT2D eigenvalue weighted by Gasteiger charge is 2.17. The number of halogens is 1. The van der Waals surface area contributed by atoms with Gasteiger partial charge in [0.1, 0.15) is 17.3 Å². The minimum Gasteiger partial charge on any atom is -0.497 e. The summed E-state index contributed by atoms with van der Waals surface area (Å²) in [6.45, 7) is 3.71. The Morgan fingerprint density at radius 1 is 1.00 bits per heavy atom. The summed E-state index contributed by atoms with van der Waals surface area (Å²) in [6, 6.07) is 7.62. The predicted octanol–water partition coefficient (Wildman–Crippen LogP) is 3.69. The molecule has 2 rings (SSSR count). The van der Waals surface area contributed by atoms with Crippen molar-refractivity contribution in [2.75, 3.05) is 14.2 Å². The van der Waals surface area contributed by atoms with Gasteiger partial charge in [0.05, 0.1) is 19.8 Å². The van der Waals surface area contributed by atoms with Crippen molar-refractivity contribution in [3.63, 3.8) is 0 Å². The van der Waals surface area contributed by atoms with Crippen LogP contribution in [0.2, 0.25) is 0 Å². The van der Waals surface area contributed by atoms with Crippen LogP contribution in [0.25, 0.3) is 0 Å². The number of aryl methyl sites for hydroxylation is 2. The molecule has 0 saturated carbocycles. The third kappa shape index (κ3) is 2.89. The lowest BCUT2D eigenvalue weighted by Crippen LogP contribution is -2.06. The number of hydrogen-bond acceptors (Lipinski definition) is 3. The van der Waals surface area contributed by atoms with Gasteiger partial charge < -0.3 is 9.47 Å². The van der Waals surface area contributed by atoms with E-state index in [2.05, 4.69) is 0 Å². The van der Waals surface area contributed by atoms with Gasteiger partial charge >= 0.3 is 0 Å². The molecule has 3 nitrogen and oxygen atoms in total. The van der Waals surface area contributed by atoms with E-state index in [9.17, 15) is 9.18 Å². The molecule has 4 heteroatoms. The number of ether oxygens (including phenoxy) is 2. The number of rotatable bonds is 4. The zero-order chi connectivity index (χ0) is 15.6. The molecule has 0 aliphatic heterocycles. The largest absolute Gasteiger partial charge is 0.497 e. The summed E-state index contributed by atoms with van der Waals surface area (Å²) in [6.07, 6.45) is 0. The first-order valence-electron chi connectivity index (χ1n) is 6.51. The lowest BCUT2D eigenvalue weighted by atomic mass is 9.98. The molecule has 110 valence electrons. The highest BCUT2D eigenvalue weighted by atomic mass is 19.1. The molecular formula is C17H17FO3. The van der Waals surface area contributed by atoms with Gasteiger partial charge in [-0.3, -0.25) is 4.79 Å². The van der Waals surface area contributed by atoms with Crippen LogP contribution in [0.3, 0.4) is 0 Å². The Bertz CT molecular complexity index is 669. The Morgan fingerprint density at radius 2 is 1.62 bits per heavy atom. The van der Waals surface area contributed by atoms with Gasteiger partial charge in [-0.25, -0.2) is 4.39 Å². The second-order valence-corrected chi connectivity index (χ2v) is 4.82.